The van der Waals surface area contributed by atoms with Crippen molar-refractivity contribution in [3.63, 3.8) is 0 Å². The van der Waals surface area contributed by atoms with Crippen molar-refractivity contribution in [3.05, 3.63) is 30.6 Å². The number of rotatable bonds is 3. The summed E-state index contributed by atoms with van der Waals surface area (Å²) < 4.78 is 5.01. The van der Waals surface area contributed by atoms with Crippen molar-refractivity contribution in [2.45, 2.75) is 20.0 Å². The summed E-state index contributed by atoms with van der Waals surface area (Å²) in [5.41, 5.74) is 0.353. The number of hydrogen-bond acceptors (Lipinski definition) is 5. The summed E-state index contributed by atoms with van der Waals surface area (Å²) in [6.07, 6.45) is 2.23. The van der Waals surface area contributed by atoms with E-state index >= 15 is 0 Å². The molecule has 0 radical (unpaired) electrons. The van der Waals surface area contributed by atoms with Crippen LogP contribution in [0.4, 0.5) is 0 Å². The minimum Gasteiger partial charge on any atom is -0.451 e. The maximum Gasteiger partial charge on any atom is 0.333 e. The van der Waals surface area contributed by atoms with E-state index in [1.54, 1.807) is 13.8 Å². The van der Waals surface area contributed by atoms with Crippen LogP contribution in [-0.2, 0) is 9.53 Å². The van der Waals surface area contributed by atoms with Crippen LogP contribution in [0.15, 0.2) is 24.8 Å². The molecule has 0 saturated carbocycles. The molecule has 0 spiro atoms. The van der Waals surface area contributed by atoms with Crippen LogP contribution >= 0.6 is 0 Å². The lowest BCUT2D eigenvalue weighted by Crippen LogP contribution is -2.11. The fraction of sp³-hybridized carbons (Fsp3) is 0.333. The van der Waals surface area contributed by atoms with E-state index in [-0.39, 0.29) is 0 Å². The summed E-state index contributed by atoms with van der Waals surface area (Å²) in [6.45, 7) is 6.75. The molecular weight excluding hydrogens is 182 g/mol. The van der Waals surface area contributed by atoms with Crippen LogP contribution < -0.4 is 0 Å². The molecule has 1 rings (SSSR count). The lowest BCUT2D eigenvalue weighted by Gasteiger charge is -2.10. The Morgan fingerprint density at radius 2 is 2.07 bits per heavy atom. The van der Waals surface area contributed by atoms with Crippen LogP contribution in [0, 0.1) is 0 Å². The Kier molecular flexibility index (Phi) is 3.28. The van der Waals surface area contributed by atoms with E-state index in [1.165, 1.54) is 12.7 Å². The molecule has 14 heavy (non-hydrogen) atoms. The SMILES string of the molecule is C=C(C)C(=O)OC(C)c1ncncn1. The molecule has 0 aliphatic heterocycles. The number of esters is 1. The van der Waals surface area contributed by atoms with Crippen molar-refractivity contribution < 1.29 is 9.53 Å². The van der Waals surface area contributed by atoms with Gasteiger partial charge in [0.25, 0.3) is 0 Å². The first-order valence-corrected chi connectivity index (χ1v) is 4.09. The fourth-order valence-corrected chi connectivity index (χ4v) is 0.772. The maximum absolute atomic E-state index is 11.1. The standard InChI is InChI=1S/C9H11N3O2/c1-6(2)9(13)14-7(3)8-11-4-10-5-12-8/h4-5,7H,1H2,2-3H3. The van der Waals surface area contributed by atoms with Gasteiger partial charge in [-0.25, -0.2) is 19.7 Å². The highest BCUT2D eigenvalue weighted by molar-refractivity contribution is 5.87. The largest absolute Gasteiger partial charge is 0.451 e. The van der Waals surface area contributed by atoms with E-state index in [9.17, 15) is 4.79 Å². The molecule has 0 saturated heterocycles. The summed E-state index contributed by atoms with van der Waals surface area (Å²) in [7, 11) is 0. The summed E-state index contributed by atoms with van der Waals surface area (Å²) in [4.78, 5) is 22.5. The van der Waals surface area contributed by atoms with E-state index in [0.29, 0.717) is 11.4 Å². The molecule has 0 aromatic carbocycles. The van der Waals surface area contributed by atoms with Crippen molar-refractivity contribution in [2.24, 2.45) is 0 Å². The Bertz CT molecular complexity index is 337. The lowest BCUT2D eigenvalue weighted by molar-refractivity contribution is -0.144. The number of carbonyl (C=O) groups excluding carboxylic acids is 1. The van der Waals surface area contributed by atoms with Gasteiger partial charge in [0.05, 0.1) is 0 Å². The van der Waals surface area contributed by atoms with Gasteiger partial charge in [-0.3, -0.25) is 0 Å². The molecule has 1 atom stereocenters. The van der Waals surface area contributed by atoms with E-state index in [0.717, 1.165) is 0 Å². The van der Waals surface area contributed by atoms with E-state index in [2.05, 4.69) is 21.5 Å². The van der Waals surface area contributed by atoms with Gasteiger partial charge in [0.15, 0.2) is 11.9 Å². The van der Waals surface area contributed by atoms with E-state index in [4.69, 9.17) is 4.74 Å². The van der Waals surface area contributed by atoms with Crippen LogP contribution in [0.2, 0.25) is 0 Å². The molecule has 0 aliphatic carbocycles. The molecule has 1 aromatic heterocycles. The third-order valence-corrected chi connectivity index (χ3v) is 1.51. The molecule has 0 aliphatic rings. The van der Waals surface area contributed by atoms with Gasteiger partial charge in [0, 0.05) is 5.57 Å². The second-order valence-corrected chi connectivity index (χ2v) is 2.82. The fourth-order valence-electron chi connectivity index (χ4n) is 0.772. The molecule has 1 aromatic rings. The van der Waals surface area contributed by atoms with Crippen LogP contribution in [0.1, 0.15) is 25.8 Å². The first-order valence-electron chi connectivity index (χ1n) is 4.09. The zero-order chi connectivity index (χ0) is 10.6. The number of carbonyl (C=O) groups is 1. The molecule has 1 heterocycles. The Morgan fingerprint density at radius 1 is 1.50 bits per heavy atom. The Labute approximate surface area is 81.9 Å². The zero-order valence-corrected chi connectivity index (χ0v) is 8.10. The summed E-state index contributed by atoms with van der Waals surface area (Å²) in [6, 6.07) is 0. The zero-order valence-electron chi connectivity index (χ0n) is 8.10. The van der Waals surface area contributed by atoms with Gasteiger partial charge in [-0.2, -0.15) is 0 Å². The number of aromatic nitrogens is 3. The van der Waals surface area contributed by atoms with Gasteiger partial charge >= 0.3 is 5.97 Å². The quantitative estimate of drug-likeness (QED) is 0.530. The van der Waals surface area contributed by atoms with E-state index < -0.39 is 12.1 Å². The Hall–Kier alpha value is -1.78. The van der Waals surface area contributed by atoms with E-state index in [1.807, 2.05) is 0 Å². The third-order valence-electron chi connectivity index (χ3n) is 1.51. The van der Waals surface area contributed by atoms with Crippen molar-refractivity contribution >= 4 is 5.97 Å². The van der Waals surface area contributed by atoms with Gasteiger partial charge in [-0.05, 0) is 13.8 Å². The van der Waals surface area contributed by atoms with Gasteiger partial charge < -0.3 is 4.74 Å². The maximum atomic E-state index is 11.1. The molecule has 5 nitrogen and oxygen atoms in total. The molecule has 1 unspecified atom stereocenters. The molecule has 0 amide bonds. The average Bonchev–Trinajstić information content (AvgIpc) is 2.19. The molecule has 0 N–H and O–H groups in total. The van der Waals surface area contributed by atoms with Gasteiger partial charge in [0.1, 0.15) is 12.7 Å². The highest BCUT2D eigenvalue weighted by Gasteiger charge is 2.13. The third kappa shape index (κ3) is 2.62. The van der Waals surface area contributed by atoms with Crippen molar-refractivity contribution in [2.75, 3.05) is 0 Å². The highest BCUT2D eigenvalue weighted by atomic mass is 16.5. The first-order chi connectivity index (χ1) is 6.61. The molecule has 74 valence electrons. The van der Waals surface area contributed by atoms with Crippen LogP contribution in [0.5, 0.6) is 0 Å². The predicted molar refractivity (Wildman–Crippen MR) is 49.1 cm³/mol. The van der Waals surface area contributed by atoms with Gasteiger partial charge in [-0.1, -0.05) is 6.58 Å². The Morgan fingerprint density at radius 3 is 2.57 bits per heavy atom. The summed E-state index contributed by atoms with van der Waals surface area (Å²) in [5, 5.41) is 0. The smallest absolute Gasteiger partial charge is 0.333 e. The lowest BCUT2D eigenvalue weighted by atomic mass is 10.3. The molecule has 5 heteroatoms. The monoisotopic (exact) mass is 193 g/mol. The number of ether oxygens (including phenoxy) is 1. The number of nitrogens with zero attached hydrogens (tertiary/aromatic N) is 3. The highest BCUT2D eigenvalue weighted by Crippen LogP contribution is 2.11. The van der Waals surface area contributed by atoms with Crippen LogP contribution in [-0.4, -0.2) is 20.9 Å². The average molecular weight is 193 g/mol. The molecule has 0 bridgehead atoms. The summed E-state index contributed by atoms with van der Waals surface area (Å²) in [5.74, 6) is -0.0208. The predicted octanol–water partition coefficient (Wildman–Crippen LogP) is 1.05. The van der Waals surface area contributed by atoms with Crippen LogP contribution in [0.3, 0.4) is 0 Å². The summed E-state index contributed by atoms with van der Waals surface area (Å²) >= 11 is 0. The van der Waals surface area contributed by atoms with Crippen molar-refractivity contribution in [3.8, 4) is 0 Å². The minimum absolute atomic E-state index is 0.353. The van der Waals surface area contributed by atoms with Gasteiger partial charge in [-0.15, -0.1) is 0 Å². The van der Waals surface area contributed by atoms with Crippen molar-refractivity contribution in [1.29, 1.82) is 0 Å². The second kappa shape index (κ2) is 4.45. The first kappa shape index (κ1) is 10.3. The van der Waals surface area contributed by atoms with Crippen LogP contribution in [0.25, 0.3) is 0 Å². The van der Waals surface area contributed by atoms with Gasteiger partial charge in [0.2, 0.25) is 0 Å². The topological polar surface area (TPSA) is 65.0 Å². The minimum atomic E-state index is -0.484. The second-order valence-electron chi connectivity index (χ2n) is 2.82. The van der Waals surface area contributed by atoms with Crippen molar-refractivity contribution in [1.82, 2.24) is 15.0 Å². The number of hydrogen-bond donors (Lipinski definition) is 0. The Balaban J connectivity index is 2.64. The molecule has 0 fully saturated rings. The molecular formula is C9H11N3O2. The normalized spacial score (nSPS) is 11.9.